The molecule has 1 saturated heterocycles. The molecule has 0 aliphatic carbocycles. The summed E-state index contributed by atoms with van der Waals surface area (Å²) in [7, 11) is 2.84. The van der Waals surface area contributed by atoms with Crippen LogP contribution in [0.15, 0.2) is 64.8 Å². The van der Waals surface area contributed by atoms with Gasteiger partial charge in [-0.1, -0.05) is 23.7 Å². The van der Waals surface area contributed by atoms with Crippen molar-refractivity contribution in [2.75, 3.05) is 20.8 Å². The number of hydrogen-bond acceptors (Lipinski definition) is 7. The van der Waals surface area contributed by atoms with E-state index in [1.165, 1.54) is 37.5 Å². The molecule has 1 atom stereocenters. The second-order valence-corrected chi connectivity index (χ2v) is 8.11. The lowest BCUT2D eigenvalue weighted by Crippen LogP contribution is -2.29. The third-order valence-corrected chi connectivity index (χ3v) is 5.96. The van der Waals surface area contributed by atoms with Crippen molar-refractivity contribution in [2.45, 2.75) is 19.5 Å². The van der Waals surface area contributed by atoms with Gasteiger partial charge in [0.25, 0.3) is 11.7 Å². The third-order valence-electron chi connectivity index (χ3n) is 5.66. The third kappa shape index (κ3) is 4.57. The Morgan fingerprint density at radius 1 is 1.09 bits per heavy atom. The second kappa shape index (κ2) is 10.1. The monoisotopic (exact) mass is 497 g/mol. The first-order chi connectivity index (χ1) is 16.9. The fraction of sp³-hybridized carbons (Fsp3) is 0.231. The second-order valence-electron chi connectivity index (χ2n) is 7.70. The average Bonchev–Trinajstić information content (AvgIpc) is 3.46. The molecule has 182 valence electrons. The number of carbonyl (C=O) groups excluding carboxylic acids is 2. The Kier molecular flexibility index (Phi) is 7.02. The number of aliphatic hydroxyl groups is 1. The van der Waals surface area contributed by atoms with Gasteiger partial charge in [0.1, 0.15) is 28.8 Å². The Morgan fingerprint density at radius 2 is 1.86 bits per heavy atom. The topological polar surface area (TPSA) is 98.4 Å². The number of amides is 1. The van der Waals surface area contributed by atoms with Crippen LogP contribution < -0.4 is 14.2 Å². The van der Waals surface area contributed by atoms with Gasteiger partial charge < -0.3 is 28.6 Å². The number of benzene rings is 2. The van der Waals surface area contributed by atoms with E-state index >= 15 is 0 Å². The summed E-state index contributed by atoms with van der Waals surface area (Å²) in [6.07, 6.45) is 1.49. The van der Waals surface area contributed by atoms with E-state index in [2.05, 4.69) is 0 Å². The molecule has 9 heteroatoms. The number of nitrogens with zero attached hydrogens (tertiary/aromatic N) is 1. The van der Waals surface area contributed by atoms with Crippen LogP contribution in [0.3, 0.4) is 0 Å². The molecule has 35 heavy (non-hydrogen) atoms. The maximum atomic E-state index is 13.3. The number of methoxy groups -OCH3 is 2. The molecular weight excluding hydrogens is 474 g/mol. The smallest absolute Gasteiger partial charge is 0.296 e. The van der Waals surface area contributed by atoms with Gasteiger partial charge in [0.2, 0.25) is 0 Å². The zero-order valence-electron chi connectivity index (χ0n) is 19.4. The number of halogens is 1. The predicted molar refractivity (Wildman–Crippen MR) is 129 cm³/mol. The number of likely N-dealkylation sites (tertiary alicyclic amines) is 1. The number of rotatable bonds is 8. The maximum Gasteiger partial charge on any atom is 0.296 e. The Balaban J connectivity index is 1.93. The highest BCUT2D eigenvalue weighted by Gasteiger charge is 2.46. The molecular formula is C26H24ClNO7. The fourth-order valence-corrected chi connectivity index (χ4v) is 4.32. The highest BCUT2D eigenvalue weighted by Crippen LogP contribution is 2.44. The van der Waals surface area contributed by atoms with Crippen molar-refractivity contribution < 1.29 is 33.3 Å². The Hall–Kier alpha value is -3.91. The minimum absolute atomic E-state index is 0.0267. The number of ketones is 1. The molecule has 0 spiro atoms. The van der Waals surface area contributed by atoms with Crippen LogP contribution in [-0.4, -0.2) is 42.5 Å². The standard InChI is InChI=1S/C26H24ClNO7/c1-4-34-16-8-5-7-15(11-16)23-22(25(30)26(31)28(23)14-17-9-6-10-35-17)24(29)18-12-21(33-3)19(27)13-20(18)32-2/h5-13,23,29H,4,14H2,1-3H3/b24-22+. The maximum absolute atomic E-state index is 13.3. The summed E-state index contributed by atoms with van der Waals surface area (Å²) in [5.74, 6) is -0.473. The lowest BCUT2D eigenvalue weighted by Gasteiger charge is -2.25. The molecule has 8 nitrogen and oxygen atoms in total. The van der Waals surface area contributed by atoms with Crippen molar-refractivity contribution >= 4 is 29.1 Å². The van der Waals surface area contributed by atoms with Crippen molar-refractivity contribution in [1.82, 2.24) is 4.90 Å². The molecule has 1 fully saturated rings. The van der Waals surface area contributed by atoms with Gasteiger partial charge in [0, 0.05) is 6.07 Å². The zero-order valence-corrected chi connectivity index (χ0v) is 20.2. The first-order valence-electron chi connectivity index (χ1n) is 10.8. The van der Waals surface area contributed by atoms with Crippen LogP contribution in [0.2, 0.25) is 5.02 Å². The number of ether oxygens (including phenoxy) is 3. The van der Waals surface area contributed by atoms with Crippen molar-refractivity contribution in [3.8, 4) is 17.2 Å². The van der Waals surface area contributed by atoms with Crippen LogP contribution in [0.5, 0.6) is 17.2 Å². The number of furan rings is 1. The van der Waals surface area contributed by atoms with Crippen LogP contribution in [-0.2, 0) is 16.1 Å². The van der Waals surface area contributed by atoms with Crippen molar-refractivity contribution in [3.63, 3.8) is 0 Å². The van der Waals surface area contributed by atoms with Crippen LogP contribution in [0.25, 0.3) is 5.76 Å². The summed E-state index contributed by atoms with van der Waals surface area (Å²) in [4.78, 5) is 27.8. The zero-order chi connectivity index (χ0) is 25.1. The van der Waals surface area contributed by atoms with E-state index in [4.69, 9.17) is 30.2 Å². The molecule has 1 N–H and O–H groups in total. The van der Waals surface area contributed by atoms with Gasteiger partial charge >= 0.3 is 0 Å². The van der Waals surface area contributed by atoms with E-state index in [9.17, 15) is 14.7 Å². The van der Waals surface area contributed by atoms with Crippen LogP contribution in [0, 0.1) is 0 Å². The van der Waals surface area contributed by atoms with Crippen LogP contribution in [0.1, 0.15) is 29.9 Å². The summed E-state index contributed by atoms with van der Waals surface area (Å²) in [5, 5.41) is 11.7. The van der Waals surface area contributed by atoms with Gasteiger partial charge in [-0.05, 0) is 42.8 Å². The largest absolute Gasteiger partial charge is 0.507 e. The van der Waals surface area contributed by atoms with Crippen molar-refractivity contribution in [1.29, 1.82) is 0 Å². The predicted octanol–water partition coefficient (Wildman–Crippen LogP) is 4.97. The Morgan fingerprint density at radius 3 is 2.51 bits per heavy atom. The molecule has 1 aromatic heterocycles. The fourth-order valence-electron chi connectivity index (χ4n) is 4.09. The molecule has 0 saturated carbocycles. The minimum atomic E-state index is -0.910. The summed E-state index contributed by atoms with van der Waals surface area (Å²) in [6.45, 7) is 2.33. The molecule has 1 aliphatic heterocycles. The van der Waals surface area contributed by atoms with E-state index in [1.54, 1.807) is 36.4 Å². The molecule has 1 amide bonds. The molecule has 1 unspecified atom stereocenters. The minimum Gasteiger partial charge on any atom is -0.507 e. The normalized spacial score (nSPS) is 17.0. The van der Waals surface area contributed by atoms with Crippen LogP contribution >= 0.6 is 11.6 Å². The van der Waals surface area contributed by atoms with Crippen LogP contribution in [0.4, 0.5) is 0 Å². The van der Waals surface area contributed by atoms with E-state index in [1.807, 2.05) is 6.92 Å². The van der Waals surface area contributed by atoms with Crippen molar-refractivity contribution in [3.05, 3.63) is 82.3 Å². The molecule has 0 bridgehead atoms. The van der Waals surface area contributed by atoms with E-state index < -0.39 is 23.5 Å². The molecule has 3 aromatic rings. The van der Waals surface area contributed by atoms with E-state index in [0.29, 0.717) is 23.7 Å². The number of aliphatic hydroxyl groups excluding tert-OH is 1. The Labute approximate surface area is 207 Å². The van der Waals surface area contributed by atoms with E-state index in [-0.39, 0.29) is 34.2 Å². The lowest BCUT2D eigenvalue weighted by molar-refractivity contribution is -0.140. The molecule has 4 rings (SSSR count). The van der Waals surface area contributed by atoms with Gasteiger partial charge in [0.05, 0.1) is 55.8 Å². The van der Waals surface area contributed by atoms with Gasteiger partial charge in [-0.3, -0.25) is 9.59 Å². The molecule has 0 radical (unpaired) electrons. The van der Waals surface area contributed by atoms with Gasteiger partial charge in [0.15, 0.2) is 0 Å². The summed E-state index contributed by atoms with van der Waals surface area (Å²) in [6, 6.07) is 12.5. The van der Waals surface area contributed by atoms with Crippen molar-refractivity contribution in [2.24, 2.45) is 0 Å². The number of Topliss-reactive ketones (excluding diaryl/α,β-unsaturated/α-hetero) is 1. The molecule has 2 heterocycles. The van der Waals surface area contributed by atoms with E-state index in [0.717, 1.165) is 0 Å². The first-order valence-corrected chi connectivity index (χ1v) is 11.2. The summed E-state index contributed by atoms with van der Waals surface area (Å²) < 4.78 is 21.7. The summed E-state index contributed by atoms with van der Waals surface area (Å²) in [5.41, 5.74) is 0.650. The highest BCUT2D eigenvalue weighted by atomic mass is 35.5. The number of carbonyl (C=O) groups is 2. The van der Waals surface area contributed by atoms with Gasteiger partial charge in [-0.2, -0.15) is 0 Å². The molecule has 1 aliphatic rings. The molecule has 2 aromatic carbocycles. The lowest BCUT2D eigenvalue weighted by atomic mass is 9.94. The van der Waals surface area contributed by atoms with Gasteiger partial charge in [-0.15, -0.1) is 0 Å². The number of hydrogen-bond donors (Lipinski definition) is 1. The Bertz CT molecular complexity index is 1280. The average molecular weight is 498 g/mol. The quantitative estimate of drug-likeness (QED) is 0.266. The highest BCUT2D eigenvalue weighted by molar-refractivity contribution is 6.46. The SMILES string of the molecule is CCOc1cccc(C2/C(=C(\O)c3cc(OC)c(Cl)cc3OC)C(=O)C(=O)N2Cc2ccco2)c1. The first kappa shape index (κ1) is 24.2. The van der Waals surface area contributed by atoms with Gasteiger partial charge in [-0.25, -0.2) is 0 Å². The summed E-state index contributed by atoms with van der Waals surface area (Å²) >= 11 is 6.21.